The average molecular weight is 424 g/mol. The highest BCUT2D eigenvalue weighted by Gasteiger charge is 2.13. The van der Waals surface area contributed by atoms with E-state index in [1.807, 2.05) is 62.4 Å². The predicted octanol–water partition coefficient (Wildman–Crippen LogP) is 5.72. The molecule has 0 saturated carbocycles. The second-order valence-corrected chi connectivity index (χ2v) is 5.86. The lowest BCUT2D eigenvalue weighted by molar-refractivity contribution is 0.413. The van der Waals surface area contributed by atoms with Crippen molar-refractivity contribution in [2.24, 2.45) is 4.99 Å². The van der Waals surface area contributed by atoms with Gasteiger partial charge in [0.1, 0.15) is 17.3 Å². The Hall–Kier alpha value is -3.38. The van der Waals surface area contributed by atoms with Crippen LogP contribution in [0.15, 0.2) is 90.6 Å². The van der Waals surface area contributed by atoms with Gasteiger partial charge in [0.25, 0.3) is 0 Å². The first-order valence-corrected chi connectivity index (χ1v) is 9.92. The molecule has 0 amide bonds. The molecule has 0 radical (unpaired) electrons. The van der Waals surface area contributed by atoms with E-state index in [0.29, 0.717) is 23.0 Å². The molecule has 0 spiro atoms. The van der Waals surface area contributed by atoms with Crippen molar-refractivity contribution in [2.75, 3.05) is 19.5 Å². The van der Waals surface area contributed by atoms with E-state index in [9.17, 15) is 0 Å². The summed E-state index contributed by atoms with van der Waals surface area (Å²) in [6, 6.07) is 15.1. The maximum Gasteiger partial charge on any atom is 0.199 e. The van der Waals surface area contributed by atoms with E-state index >= 15 is 0 Å². The van der Waals surface area contributed by atoms with Gasteiger partial charge in [-0.2, -0.15) is 0 Å². The lowest BCUT2D eigenvalue weighted by Gasteiger charge is -2.16. The van der Waals surface area contributed by atoms with Crippen molar-refractivity contribution >= 4 is 28.9 Å². The second-order valence-electron chi connectivity index (χ2n) is 5.48. The van der Waals surface area contributed by atoms with E-state index < -0.39 is 0 Å². The first kappa shape index (κ1) is 24.7. The van der Waals surface area contributed by atoms with Gasteiger partial charge in [-0.3, -0.25) is 0 Å². The zero-order valence-corrected chi connectivity index (χ0v) is 18.8. The number of thiocarbonyl (C=S) groups is 1. The third-order valence-corrected chi connectivity index (χ3v) is 3.90. The van der Waals surface area contributed by atoms with Gasteiger partial charge >= 0.3 is 0 Å². The van der Waals surface area contributed by atoms with Gasteiger partial charge in [0.2, 0.25) is 0 Å². The van der Waals surface area contributed by atoms with Gasteiger partial charge in [-0.25, -0.2) is 4.99 Å². The summed E-state index contributed by atoms with van der Waals surface area (Å²) in [6.45, 7) is 11.4. The highest BCUT2D eigenvalue weighted by Crippen LogP contribution is 2.26. The summed E-state index contributed by atoms with van der Waals surface area (Å²) in [6.07, 6.45) is 5.04. The van der Waals surface area contributed by atoms with Gasteiger partial charge in [0.05, 0.1) is 25.5 Å². The molecular formula is C24H29N3O2S. The van der Waals surface area contributed by atoms with Crippen molar-refractivity contribution in [1.29, 1.82) is 0 Å². The Bertz CT molecular complexity index is 920. The Balaban J connectivity index is 0.00000218. The molecule has 30 heavy (non-hydrogen) atoms. The Labute approximate surface area is 184 Å². The highest BCUT2D eigenvalue weighted by molar-refractivity contribution is 7.80. The minimum Gasteiger partial charge on any atom is -0.496 e. The van der Waals surface area contributed by atoms with E-state index in [4.69, 9.17) is 21.7 Å². The molecule has 0 fully saturated rings. The molecule has 2 rings (SSSR count). The number of methoxy groups -OCH3 is 2. The van der Waals surface area contributed by atoms with Crippen LogP contribution < -0.4 is 20.1 Å². The Morgan fingerprint density at radius 2 is 1.57 bits per heavy atom. The Morgan fingerprint density at radius 3 is 2.17 bits per heavy atom. The number of hydrogen-bond donors (Lipinski definition) is 2. The molecule has 0 aliphatic heterocycles. The van der Waals surface area contributed by atoms with Crippen molar-refractivity contribution in [3.63, 3.8) is 0 Å². The summed E-state index contributed by atoms with van der Waals surface area (Å²) in [7, 11) is 3.22. The van der Waals surface area contributed by atoms with Crippen molar-refractivity contribution in [3.8, 4) is 11.5 Å². The van der Waals surface area contributed by atoms with Crippen LogP contribution in [-0.2, 0) is 0 Å². The molecule has 0 bridgehead atoms. The van der Waals surface area contributed by atoms with Gasteiger partial charge in [-0.1, -0.05) is 57.3 Å². The summed E-state index contributed by atoms with van der Waals surface area (Å²) >= 11 is 5.41. The van der Waals surface area contributed by atoms with Crippen LogP contribution in [0.1, 0.15) is 19.4 Å². The molecule has 5 nitrogen and oxygen atoms in total. The van der Waals surface area contributed by atoms with Gasteiger partial charge in [-0.05, 0) is 48.6 Å². The molecule has 0 aromatic heterocycles. The maximum absolute atomic E-state index is 5.49. The number of anilines is 1. The smallest absolute Gasteiger partial charge is 0.199 e. The second kappa shape index (κ2) is 13.7. The van der Waals surface area contributed by atoms with Crippen molar-refractivity contribution in [2.45, 2.75) is 13.8 Å². The lowest BCUT2D eigenvalue weighted by atomic mass is 10.1. The standard InChI is InChI=1S/C22H23N3O2S.C2H6/c1-5-11-16(6-2)23-22(28)25-21(17-12-7-9-14-19(17)26-3)24-18-13-8-10-15-20(18)27-4;1-2/h5-15H,1-2H2,3-4H3,(H2,23,24,25,28);1-2H3/b16-11+;. The molecule has 0 aliphatic carbocycles. The van der Waals surface area contributed by atoms with E-state index in [1.54, 1.807) is 32.4 Å². The van der Waals surface area contributed by atoms with E-state index in [0.717, 1.165) is 11.3 Å². The van der Waals surface area contributed by atoms with E-state index in [2.05, 4.69) is 28.8 Å². The van der Waals surface area contributed by atoms with Gasteiger partial charge < -0.3 is 20.1 Å². The number of amidine groups is 1. The summed E-state index contributed by atoms with van der Waals surface area (Å²) in [5.41, 5.74) is 2.20. The van der Waals surface area contributed by atoms with Crippen LogP contribution in [0.2, 0.25) is 0 Å². The van der Waals surface area contributed by atoms with Crippen LogP contribution in [-0.4, -0.2) is 25.2 Å². The van der Waals surface area contributed by atoms with E-state index in [1.165, 1.54) is 0 Å². The van der Waals surface area contributed by atoms with Gasteiger partial charge in [-0.15, -0.1) is 0 Å². The van der Waals surface area contributed by atoms with Crippen LogP contribution in [0, 0.1) is 0 Å². The van der Waals surface area contributed by atoms with Crippen molar-refractivity contribution in [1.82, 2.24) is 5.32 Å². The molecular weight excluding hydrogens is 394 g/mol. The summed E-state index contributed by atoms with van der Waals surface area (Å²) < 4.78 is 10.9. The van der Waals surface area contributed by atoms with Crippen LogP contribution in [0.3, 0.4) is 0 Å². The monoisotopic (exact) mass is 423 g/mol. The fraction of sp³-hybridized carbons (Fsp3) is 0.167. The van der Waals surface area contributed by atoms with Crippen LogP contribution in [0.4, 0.5) is 5.69 Å². The number of allylic oxidation sites excluding steroid dienone is 3. The molecule has 2 aromatic rings. The number of nitrogens with zero attached hydrogens (tertiary/aromatic N) is 1. The summed E-state index contributed by atoms with van der Waals surface area (Å²) in [5.74, 6) is 1.86. The molecule has 0 heterocycles. The molecule has 6 heteroatoms. The number of rotatable bonds is 7. The maximum atomic E-state index is 5.49. The zero-order chi connectivity index (χ0) is 22.4. The minimum atomic E-state index is 0.260. The largest absolute Gasteiger partial charge is 0.496 e. The Kier molecular flexibility index (Phi) is 11.3. The molecule has 0 unspecified atom stereocenters. The fourth-order valence-corrected chi connectivity index (χ4v) is 2.62. The number of nitrogens with one attached hydrogen (secondary N) is 2. The Morgan fingerprint density at radius 1 is 0.967 bits per heavy atom. The summed E-state index contributed by atoms with van der Waals surface area (Å²) in [5, 5.41) is 6.58. The molecule has 0 saturated heterocycles. The number of para-hydroxylation sites is 3. The fourth-order valence-electron chi connectivity index (χ4n) is 2.41. The SMILES string of the molecule is C=C/C=C(\C=C)NC(=S)/N=C(\Nc1ccccc1OC)c1ccccc1OC.CC. The van der Waals surface area contributed by atoms with Gasteiger partial charge in [0, 0.05) is 5.70 Å². The predicted molar refractivity (Wildman–Crippen MR) is 132 cm³/mol. The third-order valence-electron chi connectivity index (χ3n) is 3.70. The average Bonchev–Trinajstić information content (AvgIpc) is 2.79. The molecule has 0 atom stereocenters. The minimum absolute atomic E-state index is 0.260. The van der Waals surface area contributed by atoms with Gasteiger partial charge in [0.15, 0.2) is 5.11 Å². The first-order valence-electron chi connectivity index (χ1n) is 9.51. The van der Waals surface area contributed by atoms with Crippen LogP contribution in [0.25, 0.3) is 0 Å². The van der Waals surface area contributed by atoms with Crippen molar-refractivity contribution < 1.29 is 9.47 Å². The molecule has 158 valence electrons. The molecule has 0 aliphatic rings. The number of hydrogen-bond acceptors (Lipinski definition) is 3. The normalized spacial score (nSPS) is 10.8. The number of ether oxygens (including phenoxy) is 2. The third kappa shape index (κ3) is 7.22. The number of aliphatic imine (C=N–C) groups is 1. The number of benzene rings is 2. The van der Waals surface area contributed by atoms with Crippen molar-refractivity contribution in [3.05, 3.63) is 91.2 Å². The first-order chi connectivity index (χ1) is 14.6. The van der Waals surface area contributed by atoms with E-state index in [-0.39, 0.29) is 5.11 Å². The zero-order valence-electron chi connectivity index (χ0n) is 17.9. The van der Waals surface area contributed by atoms with Crippen LogP contribution >= 0.6 is 12.2 Å². The quantitative estimate of drug-likeness (QED) is 0.258. The topological polar surface area (TPSA) is 54.9 Å². The summed E-state index contributed by atoms with van der Waals surface area (Å²) in [4.78, 5) is 4.56. The molecule has 2 aromatic carbocycles. The highest BCUT2D eigenvalue weighted by atomic mass is 32.1. The molecule has 2 N–H and O–H groups in total. The lowest BCUT2D eigenvalue weighted by Crippen LogP contribution is -2.23. The van der Waals surface area contributed by atoms with Crippen LogP contribution in [0.5, 0.6) is 11.5 Å².